The number of fused-ring (bicyclic) bond motifs is 1. The van der Waals surface area contributed by atoms with Gasteiger partial charge in [0.05, 0.1) is 18.1 Å². The summed E-state index contributed by atoms with van der Waals surface area (Å²) in [7, 11) is 1.42. The number of nitrogens with one attached hydrogen (secondary N) is 1. The number of anilines is 2. The fourth-order valence-electron chi connectivity index (χ4n) is 2.51. The van der Waals surface area contributed by atoms with Gasteiger partial charge in [-0.15, -0.1) is 10.2 Å². The largest absolute Gasteiger partial charge is 0.493 e. The predicted molar refractivity (Wildman–Crippen MR) is 99.1 cm³/mol. The van der Waals surface area contributed by atoms with Crippen molar-refractivity contribution >= 4 is 34.0 Å². The highest BCUT2D eigenvalue weighted by Crippen LogP contribution is 2.37. The van der Waals surface area contributed by atoms with Crippen molar-refractivity contribution in [1.29, 1.82) is 0 Å². The molecule has 1 aromatic heterocycles. The first-order chi connectivity index (χ1) is 13.7. The Balaban J connectivity index is 2.03. The number of hydrogen-bond acceptors (Lipinski definition) is 6. The van der Waals surface area contributed by atoms with Crippen LogP contribution >= 0.6 is 11.6 Å². The fraction of sp³-hybridized carbons (Fsp3) is 0.278. The van der Waals surface area contributed by atoms with Crippen molar-refractivity contribution in [1.82, 2.24) is 15.4 Å². The quantitative estimate of drug-likeness (QED) is 0.423. The lowest BCUT2D eigenvalue weighted by molar-refractivity contribution is -0.139. The lowest BCUT2D eigenvalue weighted by atomic mass is 10.1. The maximum atomic E-state index is 13.5. The van der Waals surface area contributed by atoms with Gasteiger partial charge in [-0.25, -0.2) is 4.39 Å². The molecule has 3 aromatic rings. The van der Waals surface area contributed by atoms with Crippen LogP contribution in [0.15, 0.2) is 30.3 Å². The summed E-state index contributed by atoms with van der Waals surface area (Å²) >= 11 is 6.02. The summed E-state index contributed by atoms with van der Waals surface area (Å²) < 4.78 is 63.2. The Labute approximate surface area is 167 Å². The van der Waals surface area contributed by atoms with Gasteiger partial charge in [-0.05, 0) is 35.9 Å². The Hall–Kier alpha value is -2.88. The van der Waals surface area contributed by atoms with E-state index >= 15 is 0 Å². The van der Waals surface area contributed by atoms with Crippen LogP contribution in [0.5, 0.6) is 11.5 Å². The first-order valence-corrected chi connectivity index (χ1v) is 8.82. The molecule has 1 heterocycles. The van der Waals surface area contributed by atoms with E-state index in [1.165, 1.54) is 13.2 Å². The second-order valence-corrected chi connectivity index (χ2v) is 6.40. The van der Waals surface area contributed by atoms with E-state index in [9.17, 15) is 17.6 Å². The second kappa shape index (κ2) is 8.24. The Morgan fingerprint density at radius 3 is 2.55 bits per heavy atom. The number of benzene rings is 2. The van der Waals surface area contributed by atoms with Crippen molar-refractivity contribution in [3.8, 4) is 11.5 Å². The van der Waals surface area contributed by atoms with Crippen molar-refractivity contribution in [2.45, 2.75) is 25.1 Å². The topological polar surface area (TPSA) is 69.2 Å². The van der Waals surface area contributed by atoms with Crippen LogP contribution in [0.1, 0.15) is 18.9 Å². The number of aromatic nitrogens is 3. The molecule has 0 saturated carbocycles. The molecule has 0 aliphatic carbocycles. The highest BCUT2D eigenvalue weighted by Gasteiger charge is 2.34. The molecule has 0 amide bonds. The predicted octanol–water partition coefficient (Wildman–Crippen LogP) is 5.29. The summed E-state index contributed by atoms with van der Waals surface area (Å²) in [5.74, 6) is -0.611. The van der Waals surface area contributed by atoms with Crippen LogP contribution in [-0.4, -0.2) is 28.1 Å². The molecule has 1 unspecified atom stereocenters. The van der Waals surface area contributed by atoms with Gasteiger partial charge in [0.1, 0.15) is 11.3 Å². The van der Waals surface area contributed by atoms with Crippen LogP contribution in [0.2, 0.25) is 0 Å². The van der Waals surface area contributed by atoms with E-state index < -0.39 is 23.1 Å². The third-order valence-corrected chi connectivity index (χ3v) is 4.34. The van der Waals surface area contributed by atoms with Gasteiger partial charge in [0.15, 0.2) is 22.9 Å². The zero-order chi connectivity index (χ0) is 21.2. The van der Waals surface area contributed by atoms with E-state index in [0.29, 0.717) is 34.9 Å². The molecule has 29 heavy (non-hydrogen) atoms. The van der Waals surface area contributed by atoms with Crippen molar-refractivity contribution in [2.24, 2.45) is 0 Å². The number of hydrogen-bond donors (Lipinski definition) is 1. The Morgan fingerprint density at radius 1 is 1.14 bits per heavy atom. The van der Waals surface area contributed by atoms with Gasteiger partial charge in [0.25, 0.3) is 0 Å². The zero-order valence-corrected chi connectivity index (χ0v) is 16.0. The number of alkyl halides is 4. The maximum absolute atomic E-state index is 13.5. The molecule has 154 valence electrons. The van der Waals surface area contributed by atoms with Crippen molar-refractivity contribution < 1.29 is 27.0 Å². The minimum atomic E-state index is -4.83. The van der Waals surface area contributed by atoms with Gasteiger partial charge in [0, 0.05) is 11.8 Å². The van der Waals surface area contributed by atoms with Crippen molar-refractivity contribution in [3.05, 3.63) is 41.7 Å². The minimum absolute atomic E-state index is 0.0216. The molecule has 3 rings (SSSR count). The summed E-state index contributed by atoms with van der Waals surface area (Å²) in [6.07, 6.45) is -4.29. The van der Waals surface area contributed by atoms with Crippen molar-refractivity contribution in [2.75, 3.05) is 12.4 Å². The lowest BCUT2D eigenvalue weighted by Gasteiger charge is -2.15. The SMILES string of the molecule is CCC(Cl)Oc1cc2nnnc(Nc3ccc(F)c(C(F)(F)F)c3)c2cc1OC. The van der Waals surface area contributed by atoms with Crippen LogP contribution in [0.25, 0.3) is 10.9 Å². The molecule has 1 atom stereocenters. The number of nitrogens with zero attached hydrogens (tertiary/aromatic N) is 3. The molecule has 0 spiro atoms. The van der Waals surface area contributed by atoms with Crippen LogP contribution in [0, 0.1) is 5.82 Å². The molecular formula is C18H15ClF4N4O2. The Bertz CT molecular complexity index is 1030. The molecule has 11 heteroatoms. The molecule has 1 N–H and O–H groups in total. The normalized spacial score (nSPS) is 12.7. The van der Waals surface area contributed by atoms with Gasteiger partial charge >= 0.3 is 6.18 Å². The van der Waals surface area contributed by atoms with Gasteiger partial charge in [-0.1, -0.05) is 18.5 Å². The molecule has 0 fully saturated rings. The molecular weight excluding hydrogens is 416 g/mol. The summed E-state index contributed by atoms with van der Waals surface area (Å²) in [5, 5.41) is 14.5. The van der Waals surface area contributed by atoms with Crippen LogP contribution < -0.4 is 14.8 Å². The molecule has 2 aromatic carbocycles. The zero-order valence-electron chi connectivity index (χ0n) is 15.2. The first-order valence-electron chi connectivity index (χ1n) is 8.38. The third-order valence-electron chi connectivity index (χ3n) is 3.94. The van der Waals surface area contributed by atoms with E-state index in [2.05, 4.69) is 20.7 Å². The fourth-order valence-corrected chi connectivity index (χ4v) is 2.61. The smallest absolute Gasteiger partial charge is 0.419 e. The summed E-state index contributed by atoms with van der Waals surface area (Å²) in [6.45, 7) is 1.84. The number of ether oxygens (including phenoxy) is 2. The van der Waals surface area contributed by atoms with E-state index in [1.807, 2.05) is 6.92 Å². The van der Waals surface area contributed by atoms with E-state index in [1.54, 1.807) is 6.07 Å². The van der Waals surface area contributed by atoms with Gasteiger partial charge in [-0.3, -0.25) is 0 Å². The number of rotatable bonds is 6. The standard InChI is InChI=1S/C18H15ClF4N4O2/c1-3-16(19)29-15-8-13-10(7-14(15)28-2)17(26-27-25-13)24-9-4-5-12(20)11(6-9)18(21,22)23/h4-8,16H,3H2,1-2H3,(H,24,25,26). The third kappa shape index (κ3) is 4.58. The Morgan fingerprint density at radius 2 is 1.90 bits per heavy atom. The van der Waals surface area contributed by atoms with Crippen LogP contribution in [-0.2, 0) is 6.18 Å². The lowest BCUT2D eigenvalue weighted by Crippen LogP contribution is -2.09. The minimum Gasteiger partial charge on any atom is -0.493 e. The molecule has 0 aliphatic rings. The number of methoxy groups -OCH3 is 1. The van der Waals surface area contributed by atoms with Crippen molar-refractivity contribution in [3.63, 3.8) is 0 Å². The van der Waals surface area contributed by atoms with Crippen LogP contribution in [0.4, 0.5) is 29.1 Å². The van der Waals surface area contributed by atoms with Gasteiger partial charge in [-0.2, -0.15) is 13.2 Å². The van der Waals surface area contributed by atoms with Gasteiger partial charge < -0.3 is 14.8 Å². The Kier molecular flexibility index (Phi) is 5.92. The van der Waals surface area contributed by atoms with Crippen LogP contribution in [0.3, 0.4) is 0 Å². The maximum Gasteiger partial charge on any atom is 0.419 e. The average molecular weight is 431 g/mol. The average Bonchev–Trinajstić information content (AvgIpc) is 2.68. The highest BCUT2D eigenvalue weighted by atomic mass is 35.5. The summed E-state index contributed by atoms with van der Waals surface area (Å²) in [4.78, 5) is 0. The highest BCUT2D eigenvalue weighted by molar-refractivity contribution is 6.19. The summed E-state index contributed by atoms with van der Waals surface area (Å²) in [6, 6.07) is 5.61. The van der Waals surface area contributed by atoms with E-state index in [4.69, 9.17) is 21.1 Å². The molecule has 0 aliphatic heterocycles. The van der Waals surface area contributed by atoms with E-state index in [-0.39, 0.29) is 11.5 Å². The summed E-state index contributed by atoms with van der Waals surface area (Å²) in [5.41, 5.74) is -1.66. The molecule has 0 radical (unpaired) electrons. The monoisotopic (exact) mass is 430 g/mol. The number of halogens is 5. The molecule has 0 saturated heterocycles. The van der Waals surface area contributed by atoms with Gasteiger partial charge in [0.2, 0.25) is 0 Å². The van der Waals surface area contributed by atoms with E-state index in [0.717, 1.165) is 12.1 Å². The second-order valence-electron chi connectivity index (χ2n) is 5.91. The first kappa shape index (κ1) is 20.8. The molecule has 0 bridgehead atoms. The molecule has 6 nitrogen and oxygen atoms in total.